The fourth-order valence-electron chi connectivity index (χ4n) is 3.82. The smallest absolute Gasteiger partial charge is 0.317 e. The molecule has 1 aliphatic carbocycles. The van der Waals surface area contributed by atoms with Crippen LogP contribution in [0.2, 0.25) is 0 Å². The maximum Gasteiger partial charge on any atom is 0.317 e. The molecule has 0 bridgehead atoms. The van der Waals surface area contributed by atoms with E-state index in [4.69, 9.17) is 4.74 Å². The third kappa shape index (κ3) is 4.74. The Hall–Kier alpha value is -2.51. The van der Waals surface area contributed by atoms with Crippen LogP contribution in [0.5, 0.6) is 6.01 Å². The van der Waals surface area contributed by atoms with Crippen LogP contribution in [-0.2, 0) is 10.0 Å². The fraction of sp³-hybridized carbons (Fsp3) is 0.364. The zero-order valence-corrected chi connectivity index (χ0v) is 17.4. The van der Waals surface area contributed by atoms with Gasteiger partial charge in [-0.05, 0) is 68.5 Å². The molecule has 1 fully saturated rings. The highest BCUT2D eigenvalue weighted by Gasteiger charge is 2.27. The zero-order valence-electron chi connectivity index (χ0n) is 16.6. The minimum Gasteiger partial charge on any atom is -0.460 e. The van der Waals surface area contributed by atoms with Gasteiger partial charge in [0.1, 0.15) is 6.10 Å². The van der Waals surface area contributed by atoms with Crippen LogP contribution in [0.25, 0.3) is 10.8 Å². The molecule has 1 heterocycles. The van der Waals surface area contributed by atoms with E-state index in [2.05, 4.69) is 14.7 Å². The van der Waals surface area contributed by atoms with Crippen molar-refractivity contribution in [1.29, 1.82) is 0 Å². The number of benzene rings is 2. The molecule has 7 heteroatoms. The van der Waals surface area contributed by atoms with E-state index in [0.29, 0.717) is 10.9 Å². The highest BCUT2D eigenvalue weighted by atomic mass is 32.2. The number of aromatic nitrogens is 2. The fourth-order valence-corrected chi connectivity index (χ4v) is 5.16. The maximum atomic E-state index is 12.8. The van der Waals surface area contributed by atoms with E-state index in [-0.39, 0.29) is 12.1 Å². The lowest BCUT2D eigenvalue weighted by atomic mass is 9.94. The van der Waals surface area contributed by atoms with Crippen LogP contribution in [0, 0.1) is 13.8 Å². The highest BCUT2D eigenvalue weighted by Crippen LogP contribution is 2.25. The molecule has 0 aliphatic heterocycles. The number of nitrogens with zero attached hydrogens (tertiary/aromatic N) is 2. The number of sulfonamides is 1. The van der Waals surface area contributed by atoms with Crippen LogP contribution in [-0.4, -0.2) is 30.5 Å². The number of nitrogens with one attached hydrogen (secondary N) is 1. The average molecular weight is 412 g/mol. The quantitative estimate of drug-likeness (QED) is 0.688. The van der Waals surface area contributed by atoms with E-state index in [9.17, 15) is 8.42 Å². The standard InChI is InChI=1S/C22H25N3O3S/c1-15-13-16(2)24-22(23-15)28-20-10-8-19(9-11-20)25-29(26,27)21-12-7-17-5-3-4-6-18(17)14-21/h3-7,12-14,19-20,25H,8-11H2,1-2H3. The molecule has 29 heavy (non-hydrogen) atoms. The Morgan fingerprint density at radius 3 is 2.24 bits per heavy atom. The molecular weight excluding hydrogens is 386 g/mol. The van der Waals surface area contributed by atoms with Crippen molar-refractivity contribution in [3.63, 3.8) is 0 Å². The lowest BCUT2D eigenvalue weighted by Gasteiger charge is -2.28. The van der Waals surface area contributed by atoms with Crippen LogP contribution in [0.4, 0.5) is 0 Å². The molecule has 0 amide bonds. The minimum atomic E-state index is -3.55. The van der Waals surface area contributed by atoms with Gasteiger partial charge in [-0.2, -0.15) is 0 Å². The van der Waals surface area contributed by atoms with E-state index in [1.807, 2.05) is 50.2 Å². The summed E-state index contributed by atoms with van der Waals surface area (Å²) in [4.78, 5) is 8.96. The Bertz CT molecular complexity index is 1100. The largest absolute Gasteiger partial charge is 0.460 e. The van der Waals surface area contributed by atoms with Gasteiger partial charge in [-0.25, -0.2) is 23.1 Å². The van der Waals surface area contributed by atoms with Gasteiger partial charge in [-0.3, -0.25) is 0 Å². The normalized spacial score (nSPS) is 19.9. The summed E-state index contributed by atoms with van der Waals surface area (Å²) in [6.45, 7) is 3.83. The highest BCUT2D eigenvalue weighted by molar-refractivity contribution is 7.89. The summed E-state index contributed by atoms with van der Waals surface area (Å²) in [5, 5.41) is 1.94. The second kappa shape index (κ2) is 8.08. The molecule has 0 unspecified atom stereocenters. The van der Waals surface area contributed by atoms with Gasteiger partial charge in [0.25, 0.3) is 0 Å². The molecule has 0 spiro atoms. The summed E-state index contributed by atoms with van der Waals surface area (Å²) < 4.78 is 34.5. The summed E-state index contributed by atoms with van der Waals surface area (Å²) >= 11 is 0. The second-order valence-electron chi connectivity index (χ2n) is 7.66. The van der Waals surface area contributed by atoms with Crippen molar-refractivity contribution >= 4 is 20.8 Å². The third-order valence-electron chi connectivity index (χ3n) is 5.26. The lowest BCUT2D eigenvalue weighted by molar-refractivity contribution is 0.131. The Balaban J connectivity index is 1.38. The van der Waals surface area contributed by atoms with Crippen LogP contribution >= 0.6 is 0 Å². The third-order valence-corrected chi connectivity index (χ3v) is 6.78. The van der Waals surface area contributed by atoms with Gasteiger partial charge < -0.3 is 4.74 Å². The van der Waals surface area contributed by atoms with Crippen molar-refractivity contribution in [1.82, 2.24) is 14.7 Å². The SMILES string of the molecule is Cc1cc(C)nc(OC2CCC(NS(=O)(=O)c3ccc4ccccc4c3)CC2)n1. The van der Waals surface area contributed by atoms with E-state index in [1.54, 1.807) is 12.1 Å². The molecular formula is C22H25N3O3S. The number of hydrogen-bond acceptors (Lipinski definition) is 5. The Kier molecular flexibility index (Phi) is 5.52. The number of hydrogen-bond donors (Lipinski definition) is 1. The Labute approximate surface area is 171 Å². The topological polar surface area (TPSA) is 81.2 Å². The number of aryl methyl sites for hydroxylation is 2. The van der Waals surface area contributed by atoms with Crippen molar-refractivity contribution in [2.75, 3.05) is 0 Å². The molecule has 1 aliphatic rings. The first-order chi connectivity index (χ1) is 13.9. The second-order valence-corrected chi connectivity index (χ2v) is 9.37. The van der Waals surface area contributed by atoms with Gasteiger partial charge in [0.2, 0.25) is 10.0 Å². The molecule has 3 aromatic rings. The summed E-state index contributed by atoms with van der Waals surface area (Å²) in [6, 6.07) is 15.2. The predicted molar refractivity (Wildman–Crippen MR) is 112 cm³/mol. The van der Waals surface area contributed by atoms with Gasteiger partial charge in [-0.1, -0.05) is 30.3 Å². The molecule has 1 saturated carbocycles. The van der Waals surface area contributed by atoms with E-state index < -0.39 is 10.0 Å². The summed E-state index contributed by atoms with van der Waals surface area (Å²) in [7, 11) is -3.55. The summed E-state index contributed by atoms with van der Waals surface area (Å²) in [5.74, 6) is 0. The monoisotopic (exact) mass is 411 g/mol. The van der Waals surface area contributed by atoms with Gasteiger partial charge in [-0.15, -0.1) is 0 Å². The minimum absolute atomic E-state index is 0.0117. The number of ether oxygens (including phenoxy) is 1. The van der Waals surface area contributed by atoms with Crippen molar-refractivity contribution in [3.05, 3.63) is 59.9 Å². The number of fused-ring (bicyclic) bond motifs is 1. The van der Waals surface area contributed by atoms with Crippen LogP contribution in [0.1, 0.15) is 37.1 Å². The van der Waals surface area contributed by atoms with Crippen LogP contribution in [0.3, 0.4) is 0 Å². The molecule has 152 valence electrons. The maximum absolute atomic E-state index is 12.8. The van der Waals surface area contributed by atoms with Crippen molar-refractivity contribution < 1.29 is 13.2 Å². The van der Waals surface area contributed by atoms with Gasteiger partial charge >= 0.3 is 6.01 Å². The molecule has 6 nitrogen and oxygen atoms in total. The van der Waals surface area contributed by atoms with Crippen molar-refractivity contribution in [2.45, 2.75) is 56.6 Å². The first kappa shape index (κ1) is 19.8. The van der Waals surface area contributed by atoms with Crippen LogP contribution < -0.4 is 9.46 Å². The lowest BCUT2D eigenvalue weighted by Crippen LogP contribution is -2.39. The van der Waals surface area contributed by atoms with Crippen LogP contribution in [0.15, 0.2) is 53.4 Å². The Morgan fingerprint density at radius 1 is 0.897 bits per heavy atom. The molecule has 0 saturated heterocycles. The molecule has 4 rings (SSSR count). The molecule has 1 N–H and O–H groups in total. The summed E-state index contributed by atoms with van der Waals surface area (Å²) in [5.41, 5.74) is 1.76. The molecule has 0 radical (unpaired) electrons. The average Bonchev–Trinajstić information content (AvgIpc) is 2.68. The van der Waals surface area contributed by atoms with Gasteiger partial charge in [0, 0.05) is 17.4 Å². The van der Waals surface area contributed by atoms with Crippen molar-refractivity contribution in [3.8, 4) is 6.01 Å². The molecule has 0 atom stereocenters. The predicted octanol–water partition coefficient (Wildman–Crippen LogP) is 3.92. The van der Waals surface area contributed by atoms with E-state index >= 15 is 0 Å². The molecule has 1 aromatic heterocycles. The Morgan fingerprint density at radius 2 is 1.55 bits per heavy atom. The van der Waals surface area contributed by atoms with Gasteiger partial charge in [0.15, 0.2) is 0 Å². The van der Waals surface area contributed by atoms with Gasteiger partial charge in [0.05, 0.1) is 4.90 Å². The number of rotatable bonds is 5. The zero-order chi connectivity index (χ0) is 20.4. The van der Waals surface area contributed by atoms with E-state index in [0.717, 1.165) is 47.8 Å². The first-order valence-electron chi connectivity index (χ1n) is 9.89. The molecule has 2 aromatic carbocycles. The van der Waals surface area contributed by atoms with Crippen molar-refractivity contribution in [2.24, 2.45) is 0 Å². The first-order valence-corrected chi connectivity index (χ1v) is 11.4. The van der Waals surface area contributed by atoms with E-state index in [1.165, 1.54) is 0 Å². The summed E-state index contributed by atoms with van der Waals surface area (Å²) in [6.07, 6.45) is 2.99.